The quantitative estimate of drug-likeness (QED) is 0.522. The number of hydrogen-bond acceptors (Lipinski definition) is 5. The van der Waals surface area contributed by atoms with Crippen molar-refractivity contribution in [2.45, 2.75) is 45.9 Å². The van der Waals surface area contributed by atoms with Gasteiger partial charge in [0.15, 0.2) is 11.0 Å². The molecule has 0 aliphatic heterocycles. The van der Waals surface area contributed by atoms with Gasteiger partial charge in [0.2, 0.25) is 5.91 Å². The molecule has 0 aliphatic rings. The number of aryl methyl sites for hydroxylation is 3. The Hall–Kier alpha value is -3.13. The lowest BCUT2D eigenvalue weighted by Gasteiger charge is -2.10. The molecule has 8 heteroatoms. The highest BCUT2D eigenvalue weighted by Gasteiger charge is 2.15. The van der Waals surface area contributed by atoms with E-state index in [0.29, 0.717) is 23.1 Å². The predicted molar refractivity (Wildman–Crippen MR) is 123 cm³/mol. The summed E-state index contributed by atoms with van der Waals surface area (Å²) in [7, 11) is 0. The number of carbonyl (C=O) groups excluding carboxylic acids is 2. The average molecular weight is 438 g/mol. The molecule has 3 aromatic rings. The summed E-state index contributed by atoms with van der Waals surface area (Å²) in [5.74, 6) is 0.623. The summed E-state index contributed by atoms with van der Waals surface area (Å²) in [5.41, 5.74) is 4.58. The molecule has 162 valence electrons. The van der Waals surface area contributed by atoms with Crippen LogP contribution in [0.4, 0.5) is 5.69 Å². The Morgan fingerprint density at radius 2 is 1.81 bits per heavy atom. The summed E-state index contributed by atoms with van der Waals surface area (Å²) >= 11 is 1.33. The summed E-state index contributed by atoms with van der Waals surface area (Å²) in [5, 5.41) is 14.9. The summed E-state index contributed by atoms with van der Waals surface area (Å²) < 4.78 is 1.91. The van der Waals surface area contributed by atoms with Crippen molar-refractivity contribution in [1.82, 2.24) is 20.1 Å². The Kier molecular flexibility index (Phi) is 7.46. The molecule has 0 atom stereocenters. The van der Waals surface area contributed by atoms with Gasteiger partial charge in [0, 0.05) is 17.8 Å². The van der Waals surface area contributed by atoms with Crippen LogP contribution < -0.4 is 10.6 Å². The lowest BCUT2D eigenvalue weighted by molar-refractivity contribution is -0.113. The number of rotatable bonds is 8. The van der Waals surface area contributed by atoms with E-state index in [1.807, 2.05) is 68.7 Å². The summed E-state index contributed by atoms with van der Waals surface area (Å²) in [4.78, 5) is 24.8. The largest absolute Gasteiger partial charge is 0.345 e. The zero-order valence-electron chi connectivity index (χ0n) is 18.2. The molecule has 2 amide bonds. The number of carbonyl (C=O) groups is 2. The second kappa shape index (κ2) is 10.3. The van der Waals surface area contributed by atoms with Crippen molar-refractivity contribution in [3.63, 3.8) is 0 Å². The molecule has 0 bridgehead atoms. The Balaban J connectivity index is 1.58. The minimum atomic E-state index is -0.156. The molecule has 1 aromatic heterocycles. The van der Waals surface area contributed by atoms with E-state index in [1.54, 1.807) is 6.07 Å². The highest BCUT2D eigenvalue weighted by molar-refractivity contribution is 7.99. The van der Waals surface area contributed by atoms with E-state index in [2.05, 4.69) is 20.8 Å². The SMILES string of the molecule is CCn1c(CNC(=O)c2cccc(C)c2)nnc1SCC(=O)Nc1cc(C)ccc1C. The molecule has 0 radical (unpaired) electrons. The molecule has 0 unspecified atom stereocenters. The molecule has 0 spiro atoms. The molecule has 0 saturated carbocycles. The third kappa shape index (κ3) is 5.95. The number of nitrogens with zero attached hydrogens (tertiary/aromatic N) is 3. The van der Waals surface area contributed by atoms with Gasteiger partial charge in [-0.05, 0) is 57.0 Å². The van der Waals surface area contributed by atoms with Crippen LogP contribution in [-0.2, 0) is 17.9 Å². The summed E-state index contributed by atoms with van der Waals surface area (Å²) in [6, 6.07) is 13.4. The van der Waals surface area contributed by atoms with Gasteiger partial charge in [-0.3, -0.25) is 9.59 Å². The van der Waals surface area contributed by atoms with Gasteiger partial charge in [0.25, 0.3) is 5.91 Å². The molecular formula is C23H27N5O2S. The van der Waals surface area contributed by atoms with Gasteiger partial charge in [0.1, 0.15) is 0 Å². The second-order valence-corrected chi connectivity index (χ2v) is 8.29. The number of nitrogens with one attached hydrogen (secondary N) is 2. The maximum Gasteiger partial charge on any atom is 0.251 e. The number of anilines is 1. The van der Waals surface area contributed by atoms with Crippen molar-refractivity contribution < 1.29 is 9.59 Å². The van der Waals surface area contributed by atoms with E-state index >= 15 is 0 Å². The Bertz CT molecular complexity index is 1090. The van der Waals surface area contributed by atoms with Crippen LogP contribution in [0.15, 0.2) is 47.6 Å². The van der Waals surface area contributed by atoms with Crippen LogP contribution in [0.1, 0.15) is 39.8 Å². The average Bonchev–Trinajstić information content (AvgIpc) is 3.15. The van der Waals surface area contributed by atoms with E-state index in [1.165, 1.54) is 11.8 Å². The topological polar surface area (TPSA) is 88.9 Å². The van der Waals surface area contributed by atoms with Crippen molar-refractivity contribution in [3.8, 4) is 0 Å². The fourth-order valence-corrected chi connectivity index (χ4v) is 3.93. The fraction of sp³-hybridized carbons (Fsp3) is 0.304. The Labute approximate surface area is 186 Å². The highest BCUT2D eigenvalue weighted by Crippen LogP contribution is 2.20. The van der Waals surface area contributed by atoms with Crippen LogP contribution in [0.2, 0.25) is 0 Å². The minimum Gasteiger partial charge on any atom is -0.345 e. The zero-order chi connectivity index (χ0) is 22.4. The molecule has 2 N–H and O–H groups in total. The lowest BCUT2D eigenvalue weighted by atomic mass is 10.1. The first-order valence-electron chi connectivity index (χ1n) is 10.1. The molecule has 1 heterocycles. The maximum atomic E-state index is 12.4. The van der Waals surface area contributed by atoms with E-state index in [4.69, 9.17) is 0 Å². The monoisotopic (exact) mass is 437 g/mol. The van der Waals surface area contributed by atoms with Crippen LogP contribution in [0.25, 0.3) is 0 Å². The van der Waals surface area contributed by atoms with Crippen molar-refractivity contribution >= 4 is 29.3 Å². The fourth-order valence-electron chi connectivity index (χ4n) is 3.11. The standard InChI is InChI=1S/C23H27N5O2S/c1-5-28-20(13-24-22(30)18-8-6-7-15(2)11-18)26-27-23(28)31-14-21(29)25-19-12-16(3)9-10-17(19)4/h6-12H,5,13-14H2,1-4H3,(H,24,30)(H,25,29). The molecule has 0 aliphatic carbocycles. The third-order valence-electron chi connectivity index (χ3n) is 4.80. The number of hydrogen-bond donors (Lipinski definition) is 2. The van der Waals surface area contributed by atoms with Crippen LogP contribution in [0.3, 0.4) is 0 Å². The van der Waals surface area contributed by atoms with Crippen molar-refractivity contribution in [2.24, 2.45) is 0 Å². The maximum absolute atomic E-state index is 12.4. The van der Waals surface area contributed by atoms with Gasteiger partial charge < -0.3 is 15.2 Å². The van der Waals surface area contributed by atoms with Crippen LogP contribution in [0.5, 0.6) is 0 Å². The highest BCUT2D eigenvalue weighted by atomic mass is 32.2. The molecule has 2 aromatic carbocycles. The zero-order valence-corrected chi connectivity index (χ0v) is 19.0. The normalized spacial score (nSPS) is 10.7. The first-order chi connectivity index (χ1) is 14.9. The number of amides is 2. The van der Waals surface area contributed by atoms with E-state index in [9.17, 15) is 9.59 Å². The van der Waals surface area contributed by atoms with Crippen molar-refractivity contribution in [1.29, 1.82) is 0 Å². The van der Waals surface area contributed by atoms with Crippen LogP contribution >= 0.6 is 11.8 Å². The first-order valence-corrected chi connectivity index (χ1v) is 11.1. The first kappa shape index (κ1) is 22.6. The summed E-state index contributed by atoms with van der Waals surface area (Å²) in [6.07, 6.45) is 0. The van der Waals surface area contributed by atoms with Gasteiger partial charge in [-0.15, -0.1) is 10.2 Å². The van der Waals surface area contributed by atoms with Gasteiger partial charge in [-0.2, -0.15) is 0 Å². The smallest absolute Gasteiger partial charge is 0.251 e. The third-order valence-corrected chi connectivity index (χ3v) is 5.76. The van der Waals surface area contributed by atoms with Crippen LogP contribution in [-0.4, -0.2) is 32.3 Å². The number of aromatic nitrogens is 3. The van der Waals surface area contributed by atoms with Gasteiger partial charge in [-0.25, -0.2) is 0 Å². The minimum absolute atomic E-state index is 0.0985. The predicted octanol–water partition coefficient (Wildman–Crippen LogP) is 3.88. The van der Waals surface area contributed by atoms with E-state index in [0.717, 1.165) is 22.4 Å². The van der Waals surface area contributed by atoms with Crippen LogP contribution in [0, 0.1) is 20.8 Å². The van der Waals surface area contributed by atoms with E-state index in [-0.39, 0.29) is 24.1 Å². The van der Waals surface area contributed by atoms with E-state index < -0.39 is 0 Å². The molecular weight excluding hydrogens is 410 g/mol. The Morgan fingerprint density at radius 1 is 1.03 bits per heavy atom. The molecule has 7 nitrogen and oxygen atoms in total. The molecule has 0 saturated heterocycles. The number of thioether (sulfide) groups is 1. The molecule has 31 heavy (non-hydrogen) atoms. The van der Waals surface area contributed by atoms with Crippen molar-refractivity contribution in [2.75, 3.05) is 11.1 Å². The number of benzene rings is 2. The lowest BCUT2D eigenvalue weighted by Crippen LogP contribution is -2.25. The molecule has 3 rings (SSSR count). The van der Waals surface area contributed by atoms with Gasteiger partial charge in [-0.1, -0.05) is 41.6 Å². The van der Waals surface area contributed by atoms with Gasteiger partial charge in [0.05, 0.1) is 12.3 Å². The second-order valence-electron chi connectivity index (χ2n) is 7.35. The van der Waals surface area contributed by atoms with Gasteiger partial charge >= 0.3 is 0 Å². The summed E-state index contributed by atoms with van der Waals surface area (Å²) in [6.45, 7) is 8.80. The Morgan fingerprint density at radius 3 is 2.55 bits per heavy atom. The molecule has 0 fully saturated rings. The van der Waals surface area contributed by atoms with Crippen molar-refractivity contribution in [3.05, 3.63) is 70.5 Å².